The first-order valence-corrected chi connectivity index (χ1v) is 30.0. The van der Waals surface area contributed by atoms with Crippen molar-refractivity contribution in [2.45, 2.75) is 199 Å². The lowest BCUT2D eigenvalue weighted by Gasteiger charge is -2.41. The van der Waals surface area contributed by atoms with E-state index in [-0.39, 0.29) is 38.2 Å². The number of carbonyl (C=O) groups is 12. The van der Waals surface area contributed by atoms with Gasteiger partial charge >= 0.3 is 5.97 Å². The molecule has 0 aromatic heterocycles. The number of aliphatic hydroxyl groups excluding tert-OH is 2. The van der Waals surface area contributed by atoms with Crippen molar-refractivity contribution in [3.63, 3.8) is 0 Å². The van der Waals surface area contributed by atoms with E-state index in [1.165, 1.54) is 20.8 Å². The number of likely N-dealkylation sites (N-methyl/N-ethyl adjacent to an activating group) is 1. The van der Waals surface area contributed by atoms with Gasteiger partial charge in [-0.2, -0.15) is 0 Å². The Kier molecular flexibility index (Phi) is 30.1. The average Bonchev–Trinajstić information content (AvgIpc) is 2.85. The summed E-state index contributed by atoms with van der Waals surface area (Å²) in [5.74, 6) is -14.6. The van der Waals surface area contributed by atoms with Crippen molar-refractivity contribution in [1.29, 1.82) is 0 Å². The molecule has 3 rings (SSSR count). The van der Waals surface area contributed by atoms with Gasteiger partial charge in [-0.05, 0) is 69.4 Å². The standard InChI is InChI=1S/C58H95N15O15/c1-12-28(5)42(70-50(80)37(62-11)23-34-19-17-16-18-20-34)53(83)68-39(26-74)52(82)66-36(21-22-41(59)76)49(79)69-43(29(6)13-2)54(84)71-44(30(7)14-3)56(86)73(40(27-75)47(60)77)46-33(10)88-57(87)45(31(8)15-4)72-51(81)38(24-35-25-63-58(61)65-35)67-48(78)32(9)64-55(46)85/h16-20,28-33,35-40,42-46,62,74-75H,12-15,21-27H2,1-11H3,(H2,59,76)(H2,60,77)(H,64,85)(H,66,82)(H,67,78)(H,68,83)(H,69,79)(H,70,80)(H,71,84)(H,72,81)(H3,61,63,65)/t28-,29-,30-,31-,32-,33-,35-,36+,37+,38-,39-,40-,42-,43+,44-,45-,46?/m0/s1. The maximum atomic E-state index is 15.5. The third-order valence-electron chi connectivity index (χ3n) is 16.3. The van der Waals surface area contributed by atoms with Crippen molar-refractivity contribution in [2.75, 3.05) is 26.8 Å². The third-order valence-corrected chi connectivity index (χ3v) is 16.3. The molecule has 0 spiro atoms. The fourth-order valence-corrected chi connectivity index (χ4v) is 9.89. The van der Waals surface area contributed by atoms with Crippen LogP contribution in [0.15, 0.2) is 35.3 Å². The molecule has 1 fully saturated rings. The van der Waals surface area contributed by atoms with E-state index in [9.17, 15) is 63.0 Å². The molecule has 30 nitrogen and oxygen atoms in total. The summed E-state index contributed by atoms with van der Waals surface area (Å²) in [4.78, 5) is 173. The van der Waals surface area contributed by atoms with Gasteiger partial charge in [-0.15, -0.1) is 0 Å². The van der Waals surface area contributed by atoms with Gasteiger partial charge in [0.15, 0.2) is 5.96 Å². The minimum Gasteiger partial charge on any atom is -0.458 e. The number of ether oxygens (including phenoxy) is 1. The van der Waals surface area contributed by atoms with Crippen LogP contribution in [0.1, 0.15) is 120 Å². The fourth-order valence-electron chi connectivity index (χ4n) is 9.89. The van der Waals surface area contributed by atoms with Crippen LogP contribution in [0, 0.1) is 23.7 Å². The molecule has 0 aliphatic carbocycles. The van der Waals surface area contributed by atoms with E-state index in [1.54, 1.807) is 55.5 Å². The van der Waals surface area contributed by atoms with Crippen LogP contribution in [0.2, 0.25) is 0 Å². The van der Waals surface area contributed by atoms with Gasteiger partial charge in [-0.3, -0.25) is 57.7 Å². The number of hydrogen-bond donors (Lipinski definition) is 15. The molecule has 0 saturated carbocycles. The molecule has 1 unspecified atom stereocenters. The van der Waals surface area contributed by atoms with Crippen LogP contribution in [-0.2, 0) is 68.7 Å². The molecule has 30 heteroatoms. The van der Waals surface area contributed by atoms with E-state index in [4.69, 9.17) is 21.9 Å². The molecule has 0 radical (unpaired) electrons. The molecule has 1 aromatic rings. The Balaban J connectivity index is 2.05. The summed E-state index contributed by atoms with van der Waals surface area (Å²) >= 11 is 0. The number of rotatable bonds is 32. The maximum absolute atomic E-state index is 15.5. The number of guanidine groups is 1. The molecule has 88 heavy (non-hydrogen) atoms. The molecule has 2 aliphatic heterocycles. The third kappa shape index (κ3) is 21.1. The minimum absolute atomic E-state index is 0.0660. The zero-order valence-electron chi connectivity index (χ0n) is 52.3. The Morgan fingerprint density at radius 3 is 1.70 bits per heavy atom. The van der Waals surface area contributed by atoms with Gasteiger partial charge in [0.25, 0.3) is 0 Å². The molecule has 492 valence electrons. The number of carbonyl (C=O) groups excluding carboxylic acids is 12. The summed E-state index contributed by atoms with van der Waals surface area (Å²) in [7, 11) is 1.59. The van der Waals surface area contributed by atoms with Gasteiger partial charge in [0.05, 0.1) is 31.8 Å². The second-order valence-corrected chi connectivity index (χ2v) is 22.9. The quantitative estimate of drug-likeness (QED) is 0.0304. The first-order chi connectivity index (χ1) is 41.5. The van der Waals surface area contributed by atoms with Crippen LogP contribution in [-0.4, -0.2) is 197 Å². The first kappa shape index (κ1) is 74.3. The van der Waals surface area contributed by atoms with Gasteiger partial charge < -0.3 is 90.2 Å². The number of benzene rings is 1. The van der Waals surface area contributed by atoms with Crippen LogP contribution in [0.3, 0.4) is 0 Å². The van der Waals surface area contributed by atoms with E-state index >= 15 is 4.79 Å². The minimum atomic E-state index is -2.10. The zero-order valence-corrected chi connectivity index (χ0v) is 52.3. The number of nitrogens with two attached hydrogens (primary N) is 3. The number of aliphatic hydroxyl groups is 2. The number of primary amides is 2. The Morgan fingerprint density at radius 2 is 1.20 bits per heavy atom. The van der Waals surface area contributed by atoms with Crippen molar-refractivity contribution >= 4 is 76.9 Å². The van der Waals surface area contributed by atoms with E-state index in [0.29, 0.717) is 17.7 Å². The molecule has 2 heterocycles. The second-order valence-electron chi connectivity index (χ2n) is 22.9. The highest BCUT2D eigenvalue weighted by Gasteiger charge is 2.48. The Labute approximate surface area is 513 Å². The molecule has 17 atom stereocenters. The van der Waals surface area contributed by atoms with Crippen LogP contribution < -0.4 is 70.4 Å². The number of amides is 11. The molecule has 18 N–H and O–H groups in total. The Hall–Kier alpha value is -7.99. The summed E-state index contributed by atoms with van der Waals surface area (Å²) in [6.07, 6.45) is -1.44. The smallest absolute Gasteiger partial charge is 0.329 e. The maximum Gasteiger partial charge on any atom is 0.329 e. The predicted octanol–water partition coefficient (Wildman–Crippen LogP) is -4.18. The largest absolute Gasteiger partial charge is 0.458 e. The molecule has 11 amide bonds. The molecule has 1 saturated heterocycles. The number of esters is 1. The number of aliphatic imine (C=N–C) groups is 1. The van der Waals surface area contributed by atoms with Gasteiger partial charge in [-0.25, -0.2) is 4.79 Å². The lowest BCUT2D eigenvalue weighted by Crippen LogP contribution is -2.68. The predicted molar refractivity (Wildman–Crippen MR) is 322 cm³/mol. The topological polar surface area (TPSA) is 468 Å². The normalized spacial score (nSPS) is 22.8. The van der Waals surface area contributed by atoms with Crippen LogP contribution in [0.5, 0.6) is 0 Å². The number of nitrogens with zero attached hydrogens (tertiary/aromatic N) is 2. The molecular formula is C58H95N15O15. The van der Waals surface area contributed by atoms with Crippen molar-refractivity contribution in [2.24, 2.45) is 45.9 Å². The summed E-state index contributed by atoms with van der Waals surface area (Å²) in [6.45, 7) is 13.7. The lowest BCUT2D eigenvalue weighted by molar-refractivity contribution is -0.166. The fraction of sp³-hybridized carbons (Fsp3) is 0.672. The van der Waals surface area contributed by atoms with Crippen molar-refractivity contribution in [3.05, 3.63) is 35.9 Å². The van der Waals surface area contributed by atoms with Gasteiger partial charge in [0, 0.05) is 6.42 Å². The summed E-state index contributed by atoms with van der Waals surface area (Å²) in [5, 5.41) is 47.8. The first-order valence-electron chi connectivity index (χ1n) is 30.0. The van der Waals surface area contributed by atoms with Crippen LogP contribution in [0.4, 0.5) is 0 Å². The van der Waals surface area contributed by atoms with Crippen LogP contribution >= 0.6 is 0 Å². The van der Waals surface area contributed by atoms with Gasteiger partial charge in [-0.1, -0.05) is 111 Å². The molecule has 2 aliphatic rings. The highest BCUT2D eigenvalue weighted by atomic mass is 16.5. The second kappa shape index (κ2) is 35.7. The summed E-state index contributed by atoms with van der Waals surface area (Å²) in [6, 6.07) is -8.38. The summed E-state index contributed by atoms with van der Waals surface area (Å²) in [5.41, 5.74) is 18.0. The number of nitrogens with one attached hydrogen (secondary N) is 10. The molecular weight excluding hydrogens is 1150 g/mol. The van der Waals surface area contributed by atoms with E-state index in [0.717, 1.165) is 5.56 Å². The highest BCUT2D eigenvalue weighted by Crippen LogP contribution is 2.23. The highest BCUT2D eigenvalue weighted by molar-refractivity contribution is 6.00. The Bertz CT molecular complexity index is 2630. The van der Waals surface area contributed by atoms with Crippen molar-refractivity contribution < 1.29 is 72.5 Å². The SMILES string of the molecule is CC[C@H](C)[C@H](NC(=O)[C@@H](Cc1ccccc1)NC)C(=O)N[C@@H](CO)C(=O)N[C@H](CCC(N)=O)C(=O)N[C@@H](C(=O)N[C@H](C(=O)N(C1C(=O)N[C@@H](C)C(=O)N[C@@H](C[C@H]2CN=C(N)N2)C(=O)N[C@@H]([C@@H](C)CC)C(=O)O[C@H]1C)[C@@H](CO)C(N)=O)[C@@H](C)CC)[C@@H](C)CC. The molecule has 1 aromatic carbocycles. The van der Waals surface area contributed by atoms with Gasteiger partial charge in [0.1, 0.15) is 66.5 Å². The summed E-state index contributed by atoms with van der Waals surface area (Å²) < 4.78 is 5.91. The zero-order chi connectivity index (χ0) is 66.3. The number of hydrogen-bond acceptors (Lipinski definition) is 19. The average molecular weight is 1240 g/mol. The lowest BCUT2D eigenvalue weighted by atomic mass is 9.93. The van der Waals surface area contributed by atoms with Crippen LogP contribution in [0.25, 0.3) is 0 Å². The number of cyclic esters (lactones) is 1. The molecule has 0 bridgehead atoms. The van der Waals surface area contributed by atoms with Crippen molar-refractivity contribution in [3.8, 4) is 0 Å². The van der Waals surface area contributed by atoms with E-state index in [2.05, 4.69) is 58.2 Å². The van der Waals surface area contributed by atoms with Gasteiger partial charge in [0.2, 0.25) is 65.0 Å². The monoisotopic (exact) mass is 1240 g/mol. The van der Waals surface area contributed by atoms with Crippen molar-refractivity contribution in [1.82, 2.24) is 58.1 Å². The van der Waals surface area contributed by atoms with E-state index in [1.807, 2.05) is 30.3 Å². The Morgan fingerprint density at radius 1 is 0.670 bits per heavy atom. The van der Waals surface area contributed by atoms with E-state index < -0.39 is 199 Å².